The van der Waals surface area contributed by atoms with Gasteiger partial charge in [0.25, 0.3) is 11.5 Å². The number of carbonyl (C=O) groups excluding carboxylic acids is 1. The molecule has 162 valence electrons. The van der Waals surface area contributed by atoms with Crippen LogP contribution in [0.15, 0.2) is 71.8 Å². The monoisotopic (exact) mass is 435 g/mol. The smallest absolute Gasteiger partial charge is 0.261 e. The maximum absolute atomic E-state index is 14.7. The van der Waals surface area contributed by atoms with E-state index in [4.69, 9.17) is 0 Å². The van der Waals surface area contributed by atoms with Crippen LogP contribution in [-0.2, 0) is 6.54 Å². The highest BCUT2D eigenvalue weighted by Gasteiger charge is 2.23. The first-order chi connectivity index (χ1) is 15.4. The third-order valence-corrected chi connectivity index (χ3v) is 5.26. The Balaban J connectivity index is 1.83. The second kappa shape index (κ2) is 8.68. The van der Waals surface area contributed by atoms with E-state index < -0.39 is 29.3 Å². The van der Waals surface area contributed by atoms with Crippen molar-refractivity contribution in [3.8, 4) is 0 Å². The second-order valence-corrected chi connectivity index (χ2v) is 7.30. The summed E-state index contributed by atoms with van der Waals surface area (Å²) in [6.45, 7) is 1.68. The molecule has 2 N–H and O–H groups in total. The zero-order valence-corrected chi connectivity index (χ0v) is 17.0. The lowest BCUT2D eigenvalue weighted by atomic mass is 10.0. The second-order valence-electron chi connectivity index (χ2n) is 7.30. The van der Waals surface area contributed by atoms with E-state index in [1.165, 1.54) is 34.9 Å². The Hall–Kier alpha value is -3.91. The summed E-state index contributed by atoms with van der Waals surface area (Å²) in [6, 6.07) is 12.6. The highest BCUT2D eigenvalue weighted by molar-refractivity contribution is 6.08. The number of pyridine rings is 2. The molecule has 0 aliphatic rings. The van der Waals surface area contributed by atoms with Gasteiger partial charge in [-0.1, -0.05) is 24.3 Å². The van der Waals surface area contributed by atoms with Gasteiger partial charge in [-0.25, -0.2) is 8.78 Å². The average molecular weight is 435 g/mol. The standard InChI is InChI=1S/C24H19F2N3O3/c1-14-20(23(31)28-22(30)16-4-2-5-17(25)12-16)18-6-3-7-19(26)21(18)24(32)29(14)13-15-8-10-27-11-9-15/h2-12,22,30H,13H2,1H3,(H,28,31)/t22-/m0/s1. The average Bonchev–Trinajstić information content (AvgIpc) is 2.77. The number of aliphatic hydroxyl groups is 1. The van der Waals surface area contributed by atoms with Gasteiger partial charge in [0.15, 0.2) is 6.23 Å². The van der Waals surface area contributed by atoms with E-state index in [0.717, 1.165) is 17.7 Å². The van der Waals surface area contributed by atoms with E-state index in [1.54, 1.807) is 31.5 Å². The van der Waals surface area contributed by atoms with Gasteiger partial charge in [0.2, 0.25) is 0 Å². The molecule has 2 heterocycles. The highest BCUT2D eigenvalue weighted by atomic mass is 19.1. The Morgan fingerprint density at radius 3 is 2.56 bits per heavy atom. The minimum atomic E-state index is -1.50. The molecule has 32 heavy (non-hydrogen) atoms. The van der Waals surface area contributed by atoms with Crippen LogP contribution in [0.1, 0.15) is 33.4 Å². The van der Waals surface area contributed by atoms with Crippen LogP contribution >= 0.6 is 0 Å². The number of carbonyl (C=O) groups is 1. The molecular weight excluding hydrogens is 416 g/mol. The predicted octanol–water partition coefficient (Wildman–Crippen LogP) is 3.45. The molecule has 0 fully saturated rings. The number of nitrogens with zero attached hydrogens (tertiary/aromatic N) is 2. The van der Waals surface area contributed by atoms with E-state index >= 15 is 0 Å². The lowest BCUT2D eigenvalue weighted by Crippen LogP contribution is -2.33. The molecule has 0 radical (unpaired) electrons. The fourth-order valence-electron chi connectivity index (χ4n) is 3.67. The molecule has 0 bridgehead atoms. The van der Waals surface area contributed by atoms with Crippen LogP contribution in [0.4, 0.5) is 8.78 Å². The molecule has 2 aromatic carbocycles. The van der Waals surface area contributed by atoms with E-state index in [9.17, 15) is 23.5 Å². The van der Waals surface area contributed by atoms with Crippen molar-refractivity contribution in [1.82, 2.24) is 14.9 Å². The Kier molecular flexibility index (Phi) is 5.79. The number of nitrogens with one attached hydrogen (secondary N) is 1. The number of fused-ring (bicyclic) bond motifs is 1. The SMILES string of the molecule is Cc1c(C(=O)N[C@@H](O)c2cccc(F)c2)c2cccc(F)c2c(=O)n1Cc1ccncc1. The van der Waals surface area contributed by atoms with E-state index in [0.29, 0.717) is 5.69 Å². The van der Waals surface area contributed by atoms with Crippen molar-refractivity contribution < 1.29 is 18.7 Å². The van der Waals surface area contributed by atoms with Crippen molar-refractivity contribution >= 4 is 16.7 Å². The molecule has 0 saturated carbocycles. The quantitative estimate of drug-likeness (QED) is 0.471. The summed E-state index contributed by atoms with van der Waals surface area (Å²) < 4.78 is 29.5. The molecule has 0 spiro atoms. The number of hydrogen-bond acceptors (Lipinski definition) is 4. The summed E-state index contributed by atoms with van der Waals surface area (Å²) >= 11 is 0. The first kappa shape index (κ1) is 21.3. The number of aromatic nitrogens is 2. The third kappa shape index (κ3) is 4.00. The Morgan fingerprint density at radius 1 is 1.12 bits per heavy atom. The van der Waals surface area contributed by atoms with Gasteiger partial charge in [0.1, 0.15) is 11.6 Å². The van der Waals surface area contributed by atoms with E-state index in [2.05, 4.69) is 10.3 Å². The largest absolute Gasteiger partial charge is 0.369 e. The van der Waals surface area contributed by atoms with Gasteiger partial charge in [-0.15, -0.1) is 0 Å². The minimum Gasteiger partial charge on any atom is -0.369 e. The molecule has 2 aromatic heterocycles. The van der Waals surface area contributed by atoms with Crippen molar-refractivity contribution in [3.63, 3.8) is 0 Å². The number of aliphatic hydroxyl groups excluding tert-OH is 1. The van der Waals surface area contributed by atoms with Crippen LogP contribution < -0.4 is 10.9 Å². The summed E-state index contributed by atoms with van der Waals surface area (Å²) in [5.41, 5.74) is 0.663. The van der Waals surface area contributed by atoms with Gasteiger partial charge in [-0.3, -0.25) is 14.6 Å². The number of halogens is 2. The van der Waals surface area contributed by atoms with Crippen molar-refractivity contribution in [3.05, 3.63) is 111 Å². The summed E-state index contributed by atoms with van der Waals surface area (Å²) in [5.74, 6) is -2.04. The molecule has 4 aromatic rings. The fourth-order valence-corrected chi connectivity index (χ4v) is 3.67. The number of rotatable bonds is 5. The van der Waals surface area contributed by atoms with Gasteiger partial charge in [0.05, 0.1) is 17.5 Å². The Labute approximate surface area is 181 Å². The first-order valence-corrected chi connectivity index (χ1v) is 9.81. The Morgan fingerprint density at radius 2 is 1.84 bits per heavy atom. The van der Waals surface area contributed by atoms with Crippen molar-refractivity contribution in [2.24, 2.45) is 0 Å². The van der Waals surface area contributed by atoms with Crippen LogP contribution in [0.2, 0.25) is 0 Å². The van der Waals surface area contributed by atoms with Gasteiger partial charge >= 0.3 is 0 Å². The molecular formula is C24H19F2N3O3. The van der Waals surface area contributed by atoms with E-state index in [-0.39, 0.29) is 28.4 Å². The predicted molar refractivity (Wildman–Crippen MR) is 115 cm³/mol. The normalized spacial score (nSPS) is 12.0. The number of benzene rings is 2. The summed E-state index contributed by atoms with van der Waals surface area (Å²) in [4.78, 5) is 30.2. The van der Waals surface area contributed by atoms with Crippen LogP contribution in [0.5, 0.6) is 0 Å². The van der Waals surface area contributed by atoms with Crippen LogP contribution in [-0.4, -0.2) is 20.6 Å². The molecule has 6 nitrogen and oxygen atoms in total. The maximum atomic E-state index is 14.7. The molecule has 0 unspecified atom stereocenters. The van der Waals surface area contributed by atoms with Crippen LogP contribution in [0.3, 0.4) is 0 Å². The summed E-state index contributed by atoms with van der Waals surface area (Å²) in [7, 11) is 0. The first-order valence-electron chi connectivity index (χ1n) is 9.81. The molecule has 0 saturated heterocycles. The van der Waals surface area contributed by atoms with Crippen LogP contribution in [0, 0.1) is 18.6 Å². The van der Waals surface area contributed by atoms with Crippen LogP contribution in [0.25, 0.3) is 10.8 Å². The zero-order valence-electron chi connectivity index (χ0n) is 17.0. The van der Waals surface area contributed by atoms with Crippen molar-refractivity contribution in [2.45, 2.75) is 19.7 Å². The van der Waals surface area contributed by atoms with Gasteiger partial charge in [0, 0.05) is 29.0 Å². The zero-order chi connectivity index (χ0) is 22.8. The molecule has 1 atom stereocenters. The van der Waals surface area contributed by atoms with E-state index in [1.807, 2.05) is 0 Å². The van der Waals surface area contributed by atoms with Gasteiger partial charge in [-0.2, -0.15) is 0 Å². The molecule has 0 aliphatic heterocycles. The molecule has 1 amide bonds. The Bertz CT molecular complexity index is 1370. The lowest BCUT2D eigenvalue weighted by molar-refractivity contribution is 0.0783. The topological polar surface area (TPSA) is 84.2 Å². The lowest BCUT2D eigenvalue weighted by Gasteiger charge is -2.19. The fraction of sp³-hybridized carbons (Fsp3) is 0.125. The highest BCUT2D eigenvalue weighted by Crippen LogP contribution is 2.23. The number of hydrogen-bond donors (Lipinski definition) is 2. The molecule has 4 rings (SSSR count). The number of amides is 1. The molecule has 8 heteroatoms. The van der Waals surface area contributed by atoms with Crippen molar-refractivity contribution in [2.75, 3.05) is 0 Å². The minimum absolute atomic E-state index is 0.0450. The summed E-state index contributed by atoms with van der Waals surface area (Å²) in [6.07, 6.45) is 1.64. The van der Waals surface area contributed by atoms with Gasteiger partial charge < -0.3 is 15.0 Å². The molecule has 0 aliphatic carbocycles. The summed E-state index contributed by atoms with van der Waals surface area (Å²) in [5, 5.41) is 12.7. The van der Waals surface area contributed by atoms with Gasteiger partial charge in [-0.05, 0) is 42.8 Å². The third-order valence-electron chi connectivity index (χ3n) is 5.26. The maximum Gasteiger partial charge on any atom is 0.261 e. The van der Waals surface area contributed by atoms with Crippen molar-refractivity contribution in [1.29, 1.82) is 0 Å².